The molecule has 1 saturated heterocycles. The summed E-state index contributed by atoms with van der Waals surface area (Å²) in [5.41, 5.74) is 0.440. The number of amides is 1. The highest BCUT2D eigenvalue weighted by atomic mass is 19.1. The van der Waals surface area contributed by atoms with E-state index < -0.39 is 11.9 Å². The highest BCUT2D eigenvalue weighted by Crippen LogP contribution is 2.33. The maximum atomic E-state index is 13.2. The fraction of sp³-hybridized carbons (Fsp3) is 0.632. The van der Waals surface area contributed by atoms with Gasteiger partial charge in [0.2, 0.25) is 5.91 Å². The Bertz CT molecular complexity index is 556. The van der Waals surface area contributed by atoms with Gasteiger partial charge in [-0.05, 0) is 36.0 Å². The Balaban J connectivity index is 1.86. The molecule has 0 aliphatic carbocycles. The van der Waals surface area contributed by atoms with Gasteiger partial charge < -0.3 is 15.2 Å². The lowest BCUT2D eigenvalue weighted by Crippen LogP contribution is -2.45. The topological polar surface area (TPSA) is 58.6 Å². The molecule has 3 atom stereocenters. The van der Waals surface area contributed by atoms with Gasteiger partial charge in [-0.1, -0.05) is 32.9 Å². The molecule has 1 heterocycles. The molecule has 1 amide bonds. The molecule has 2 rings (SSSR count). The van der Waals surface area contributed by atoms with Crippen molar-refractivity contribution in [2.75, 3.05) is 13.2 Å². The predicted molar refractivity (Wildman–Crippen MR) is 90.9 cm³/mol. The van der Waals surface area contributed by atoms with Crippen molar-refractivity contribution in [1.82, 2.24) is 5.32 Å². The molecule has 0 radical (unpaired) electrons. The molecule has 1 fully saturated rings. The number of aliphatic hydroxyl groups is 1. The first-order valence-corrected chi connectivity index (χ1v) is 8.59. The lowest BCUT2D eigenvalue weighted by Gasteiger charge is -2.40. The summed E-state index contributed by atoms with van der Waals surface area (Å²) < 4.78 is 19.1. The Morgan fingerprint density at radius 3 is 2.88 bits per heavy atom. The van der Waals surface area contributed by atoms with Crippen LogP contribution in [0.4, 0.5) is 4.39 Å². The molecule has 1 aromatic carbocycles. The van der Waals surface area contributed by atoms with Crippen LogP contribution in [0.15, 0.2) is 24.3 Å². The number of benzene rings is 1. The molecule has 0 saturated carbocycles. The predicted octanol–water partition coefficient (Wildman–Crippen LogP) is 3.21. The number of carbonyl (C=O) groups excluding carboxylic acids is 1. The summed E-state index contributed by atoms with van der Waals surface area (Å²) in [6.07, 6.45) is 1.06. The van der Waals surface area contributed by atoms with Crippen molar-refractivity contribution in [2.45, 2.75) is 52.2 Å². The second-order valence-electron chi connectivity index (χ2n) is 7.64. The summed E-state index contributed by atoms with van der Waals surface area (Å²) in [5.74, 6) is -0.377. The zero-order chi connectivity index (χ0) is 17.7. The highest BCUT2D eigenvalue weighted by molar-refractivity contribution is 5.76. The number of nitrogens with one attached hydrogen (secondary N) is 1. The average Bonchev–Trinajstić information content (AvgIpc) is 2.52. The molecular weight excluding hydrogens is 309 g/mol. The van der Waals surface area contributed by atoms with Crippen LogP contribution in [0.25, 0.3) is 0 Å². The number of hydrogen-bond donors (Lipinski definition) is 2. The van der Waals surface area contributed by atoms with E-state index in [4.69, 9.17) is 4.74 Å². The van der Waals surface area contributed by atoms with Crippen molar-refractivity contribution < 1.29 is 19.0 Å². The molecule has 0 spiro atoms. The molecule has 4 nitrogen and oxygen atoms in total. The third-order valence-corrected chi connectivity index (χ3v) is 4.47. The zero-order valence-electron chi connectivity index (χ0n) is 14.7. The van der Waals surface area contributed by atoms with E-state index in [0.717, 1.165) is 19.4 Å². The highest BCUT2D eigenvalue weighted by Gasteiger charge is 2.35. The first-order chi connectivity index (χ1) is 11.3. The van der Waals surface area contributed by atoms with Gasteiger partial charge in [0.25, 0.3) is 0 Å². The zero-order valence-corrected chi connectivity index (χ0v) is 14.7. The molecule has 0 bridgehead atoms. The van der Waals surface area contributed by atoms with E-state index >= 15 is 0 Å². The van der Waals surface area contributed by atoms with E-state index in [2.05, 4.69) is 26.1 Å². The standard InChI is InChI=1S/C19H28FNO3/c1-19(2,3)18-14(7-5-9-24-18)12-21-17(23)11-16(22)13-6-4-8-15(20)10-13/h4,6,8,10,14,16,18,22H,5,7,9,11-12H2,1-3H3,(H,21,23). The second kappa shape index (κ2) is 8.08. The molecule has 1 aliphatic rings. The van der Waals surface area contributed by atoms with E-state index in [1.165, 1.54) is 18.2 Å². The number of rotatable bonds is 5. The third kappa shape index (κ3) is 5.28. The van der Waals surface area contributed by atoms with Crippen molar-refractivity contribution in [1.29, 1.82) is 0 Å². The Hall–Kier alpha value is -1.46. The number of ether oxygens (including phenoxy) is 1. The minimum atomic E-state index is -0.998. The minimum Gasteiger partial charge on any atom is -0.388 e. The molecule has 24 heavy (non-hydrogen) atoms. The van der Waals surface area contributed by atoms with Crippen LogP contribution in [-0.4, -0.2) is 30.3 Å². The van der Waals surface area contributed by atoms with Crippen LogP contribution in [0.3, 0.4) is 0 Å². The quantitative estimate of drug-likeness (QED) is 0.867. The van der Waals surface area contributed by atoms with Gasteiger partial charge in [0, 0.05) is 19.1 Å². The van der Waals surface area contributed by atoms with E-state index in [1.54, 1.807) is 6.07 Å². The van der Waals surface area contributed by atoms with Gasteiger partial charge >= 0.3 is 0 Å². The van der Waals surface area contributed by atoms with Crippen molar-refractivity contribution >= 4 is 5.91 Å². The summed E-state index contributed by atoms with van der Waals surface area (Å²) >= 11 is 0. The number of carbonyl (C=O) groups is 1. The first kappa shape index (κ1) is 18.9. The van der Waals surface area contributed by atoms with Crippen molar-refractivity contribution in [3.63, 3.8) is 0 Å². The summed E-state index contributed by atoms with van der Waals surface area (Å²) in [7, 11) is 0. The molecule has 0 aromatic heterocycles. The first-order valence-electron chi connectivity index (χ1n) is 8.59. The molecular formula is C19H28FNO3. The summed E-state index contributed by atoms with van der Waals surface area (Å²) in [5, 5.41) is 13.0. The van der Waals surface area contributed by atoms with E-state index in [1.807, 2.05) is 0 Å². The van der Waals surface area contributed by atoms with Crippen LogP contribution in [-0.2, 0) is 9.53 Å². The monoisotopic (exact) mass is 337 g/mol. The Morgan fingerprint density at radius 2 is 2.21 bits per heavy atom. The fourth-order valence-electron chi connectivity index (χ4n) is 3.33. The van der Waals surface area contributed by atoms with Crippen molar-refractivity contribution in [3.8, 4) is 0 Å². The summed E-state index contributed by atoms with van der Waals surface area (Å²) in [6.45, 7) is 7.74. The lowest BCUT2D eigenvalue weighted by atomic mass is 9.78. The van der Waals surface area contributed by atoms with Crippen LogP contribution >= 0.6 is 0 Å². The van der Waals surface area contributed by atoms with Crippen LogP contribution in [0.5, 0.6) is 0 Å². The van der Waals surface area contributed by atoms with Crippen molar-refractivity contribution in [2.24, 2.45) is 11.3 Å². The van der Waals surface area contributed by atoms with Gasteiger partial charge in [-0.15, -0.1) is 0 Å². The van der Waals surface area contributed by atoms with Gasteiger partial charge in [0.15, 0.2) is 0 Å². The van der Waals surface area contributed by atoms with Gasteiger partial charge in [-0.25, -0.2) is 4.39 Å². The number of halogens is 1. The molecule has 1 aromatic rings. The van der Waals surface area contributed by atoms with Crippen LogP contribution in [0.1, 0.15) is 51.7 Å². The van der Waals surface area contributed by atoms with Crippen LogP contribution in [0.2, 0.25) is 0 Å². The van der Waals surface area contributed by atoms with E-state index in [-0.39, 0.29) is 29.8 Å². The van der Waals surface area contributed by atoms with Crippen LogP contribution in [0, 0.1) is 17.2 Å². The van der Waals surface area contributed by atoms with Gasteiger partial charge in [0.05, 0.1) is 18.6 Å². The number of aliphatic hydroxyl groups excluding tert-OH is 1. The van der Waals surface area contributed by atoms with Gasteiger partial charge in [0.1, 0.15) is 5.82 Å². The summed E-state index contributed by atoms with van der Waals surface area (Å²) in [4.78, 5) is 12.1. The van der Waals surface area contributed by atoms with Crippen molar-refractivity contribution in [3.05, 3.63) is 35.6 Å². The third-order valence-electron chi connectivity index (χ3n) is 4.47. The minimum absolute atomic E-state index is 0.0247. The maximum absolute atomic E-state index is 13.2. The molecule has 5 heteroatoms. The largest absolute Gasteiger partial charge is 0.388 e. The number of hydrogen-bond acceptors (Lipinski definition) is 3. The fourth-order valence-corrected chi connectivity index (χ4v) is 3.33. The van der Waals surface area contributed by atoms with E-state index in [0.29, 0.717) is 12.1 Å². The molecule has 2 N–H and O–H groups in total. The summed E-state index contributed by atoms with van der Waals surface area (Å²) in [6, 6.07) is 5.71. The molecule has 1 aliphatic heterocycles. The lowest BCUT2D eigenvalue weighted by molar-refractivity contribution is -0.124. The second-order valence-corrected chi connectivity index (χ2v) is 7.64. The van der Waals surface area contributed by atoms with E-state index in [9.17, 15) is 14.3 Å². The smallest absolute Gasteiger partial charge is 0.222 e. The Morgan fingerprint density at radius 1 is 1.46 bits per heavy atom. The molecule has 3 unspecified atom stereocenters. The SMILES string of the molecule is CC(C)(C)C1OCCCC1CNC(=O)CC(O)c1cccc(F)c1. The Kier molecular flexibility index (Phi) is 6.35. The molecule has 134 valence electrons. The van der Waals surface area contributed by atoms with Gasteiger partial charge in [-0.3, -0.25) is 4.79 Å². The average molecular weight is 337 g/mol. The van der Waals surface area contributed by atoms with Crippen LogP contribution < -0.4 is 5.32 Å². The Labute approximate surface area is 143 Å². The van der Waals surface area contributed by atoms with Gasteiger partial charge in [-0.2, -0.15) is 0 Å². The maximum Gasteiger partial charge on any atom is 0.222 e. The normalized spacial score (nSPS) is 22.9.